The Morgan fingerprint density at radius 2 is 2.13 bits per heavy atom. The average molecular weight is 334 g/mol. The van der Waals surface area contributed by atoms with Gasteiger partial charge in [-0.2, -0.15) is 5.10 Å². The second-order valence-electron chi connectivity index (χ2n) is 6.22. The number of likely N-dealkylation sites (tertiary alicyclic amines) is 1. The van der Waals surface area contributed by atoms with Gasteiger partial charge in [0, 0.05) is 11.6 Å². The monoisotopic (exact) mass is 333 g/mol. The molecule has 23 heavy (non-hydrogen) atoms. The number of aromatic nitrogens is 3. The predicted molar refractivity (Wildman–Crippen MR) is 92.9 cm³/mol. The average Bonchev–Trinajstić information content (AvgIpc) is 3.10. The SMILES string of the molecule is CNCCC1CCN(Cc2ccc(Cl)cc2-n2cncn2)CC1. The van der Waals surface area contributed by atoms with Crippen LogP contribution in [0.2, 0.25) is 5.02 Å². The van der Waals surface area contributed by atoms with Crippen LogP contribution in [-0.4, -0.2) is 46.3 Å². The van der Waals surface area contributed by atoms with Crippen LogP contribution < -0.4 is 5.32 Å². The highest BCUT2D eigenvalue weighted by molar-refractivity contribution is 6.30. The van der Waals surface area contributed by atoms with E-state index in [-0.39, 0.29) is 0 Å². The summed E-state index contributed by atoms with van der Waals surface area (Å²) in [5.74, 6) is 0.860. The minimum Gasteiger partial charge on any atom is -0.320 e. The van der Waals surface area contributed by atoms with Crippen LogP contribution in [0.5, 0.6) is 0 Å². The first kappa shape index (κ1) is 16.4. The quantitative estimate of drug-likeness (QED) is 0.883. The molecule has 1 saturated heterocycles. The molecular formula is C17H24ClN5. The summed E-state index contributed by atoms with van der Waals surface area (Å²) in [7, 11) is 2.03. The van der Waals surface area contributed by atoms with Crippen molar-refractivity contribution >= 4 is 11.6 Å². The maximum atomic E-state index is 6.16. The van der Waals surface area contributed by atoms with E-state index >= 15 is 0 Å². The zero-order chi connectivity index (χ0) is 16.1. The zero-order valence-electron chi connectivity index (χ0n) is 13.6. The normalized spacial score (nSPS) is 16.8. The van der Waals surface area contributed by atoms with E-state index in [4.69, 9.17) is 11.6 Å². The number of hydrogen-bond donors (Lipinski definition) is 1. The minimum atomic E-state index is 0.727. The molecule has 0 amide bonds. The molecule has 0 bridgehead atoms. The Hall–Kier alpha value is -1.43. The number of halogens is 1. The molecule has 2 aromatic rings. The van der Waals surface area contributed by atoms with Gasteiger partial charge in [-0.25, -0.2) is 9.67 Å². The van der Waals surface area contributed by atoms with Gasteiger partial charge in [0.15, 0.2) is 0 Å². The van der Waals surface area contributed by atoms with E-state index in [9.17, 15) is 0 Å². The van der Waals surface area contributed by atoms with Crippen LogP contribution in [0, 0.1) is 5.92 Å². The van der Waals surface area contributed by atoms with E-state index in [1.54, 1.807) is 17.3 Å². The third-order valence-electron chi connectivity index (χ3n) is 4.62. The number of piperidine rings is 1. The summed E-state index contributed by atoms with van der Waals surface area (Å²) in [6, 6.07) is 6.02. The third kappa shape index (κ3) is 4.31. The van der Waals surface area contributed by atoms with Crippen LogP contribution in [0.3, 0.4) is 0 Å². The topological polar surface area (TPSA) is 46.0 Å². The van der Waals surface area contributed by atoms with Crippen LogP contribution in [0.15, 0.2) is 30.9 Å². The van der Waals surface area contributed by atoms with Crippen LogP contribution in [-0.2, 0) is 6.54 Å². The molecule has 5 nitrogen and oxygen atoms in total. The molecule has 124 valence electrons. The van der Waals surface area contributed by atoms with Crippen molar-refractivity contribution in [2.45, 2.75) is 25.8 Å². The predicted octanol–water partition coefficient (Wildman–Crippen LogP) is 2.74. The van der Waals surface area contributed by atoms with Gasteiger partial charge in [0.2, 0.25) is 0 Å². The minimum absolute atomic E-state index is 0.727. The first-order chi connectivity index (χ1) is 11.3. The molecule has 1 aromatic carbocycles. The number of nitrogens with one attached hydrogen (secondary N) is 1. The van der Waals surface area contributed by atoms with Crippen molar-refractivity contribution in [3.8, 4) is 5.69 Å². The van der Waals surface area contributed by atoms with Crippen molar-refractivity contribution in [1.82, 2.24) is 25.0 Å². The standard InChI is InChI=1S/C17H24ClN5/c1-19-7-4-14-5-8-22(9-6-14)11-15-2-3-16(18)10-17(15)23-13-20-12-21-23/h2-3,10,12-14,19H,4-9,11H2,1H3. The summed E-state index contributed by atoms with van der Waals surface area (Å²) >= 11 is 6.16. The molecule has 1 aromatic heterocycles. The first-order valence-corrected chi connectivity index (χ1v) is 8.64. The molecule has 2 heterocycles. The van der Waals surface area contributed by atoms with Crippen molar-refractivity contribution < 1.29 is 0 Å². The van der Waals surface area contributed by atoms with E-state index in [0.29, 0.717) is 0 Å². The molecule has 1 aliphatic rings. The van der Waals surface area contributed by atoms with Crippen LogP contribution >= 0.6 is 11.6 Å². The molecule has 0 aliphatic carbocycles. The molecule has 1 aliphatic heterocycles. The van der Waals surface area contributed by atoms with E-state index in [1.165, 1.54) is 24.8 Å². The molecule has 0 radical (unpaired) electrons. The fourth-order valence-electron chi connectivity index (χ4n) is 3.24. The lowest BCUT2D eigenvalue weighted by molar-refractivity contribution is 0.172. The molecule has 0 unspecified atom stereocenters. The Morgan fingerprint density at radius 3 is 2.83 bits per heavy atom. The van der Waals surface area contributed by atoms with Gasteiger partial charge in [-0.3, -0.25) is 4.90 Å². The van der Waals surface area contributed by atoms with Crippen molar-refractivity contribution in [3.63, 3.8) is 0 Å². The fourth-order valence-corrected chi connectivity index (χ4v) is 3.41. The van der Waals surface area contributed by atoms with Crippen LogP contribution in [0.25, 0.3) is 5.69 Å². The maximum absolute atomic E-state index is 6.16. The van der Waals surface area contributed by atoms with E-state index in [1.807, 2.05) is 19.2 Å². The summed E-state index contributed by atoms with van der Waals surface area (Å²) in [6.45, 7) is 4.38. The van der Waals surface area contributed by atoms with Crippen molar-refractivity contribution in [3.05, 3.63) is 41.4 Å². The lowest BCUT2D eigenvalue weighted by atomic mass is 9.93. The first-order valence-electron chi connectivity index (χ1n) is 8.26. The molecule has 3 rings (SSSR count). The fraction of sp³-hybridized carbons (Fsp3) is 0.529. The molecule has 0 atom stereocenters. The summed E-state index contributed by atoms with van der Waals surface area (Å²) in [5.41, 5.74) is 2.26. The molecular weight excluding hydrogens is 310 g/mol. The molecule has 1 fully saturated rings. The van der Waals surface area contributed by atoms with E-state index < -0.39 is 0 Å². The van der Waals surface area contributed by atoms with Gasteiger partial charge in [-0.05, 0) is 69.6 Å². The Bertz CT molecular complexity index is 605. The number of rotatable bonds is 6. The van der Waals surface area contributed by atoms with E-state index in [0.717, 1.165) is 42.8 Å². The van der Waals surface area contributed by atoms with Crippen molar-refractivity contribution in [2.75, 3.05) is 26.7 Å². The van der Waals surface area contributed by atoms with Gasteiger partial charge in [0.1, 0.15) is 12.7 Å². The molecule has 6 heteroatoms. The van der Waals surface area contributed by atoms with Gasteiger partial charge < -0.3 is 5.32 Å². The molecule has 0 saturated carbocycles. The van der Waals surface area contributed by atoms with Gasteiger partial charge in [-0.15, -0.1) is 0 Å². The zero-order valence-corrected chi connectivity index (χ0v) is 14.3. The second-order valence-corrected chi connectivity index (χ2v) is 6.66. The largest absolute Gasteiger partial charge is 0.320 e. The summed E-state index contributed by atoms with van der Waals surface area (Å²) in [5, 5.41) is 8.23. The smallest absolute Gasteiger partial charge is 0.138 e. The Labute approximate surface area is 142 Å². The lowest BCUT2D eigenvalue weighted by Crippen LogP contribution is -2.34. The lowest BCUT2D eigenvalue weighted by Gasteiger charge is -2.32. The third-order valence-corrected chi connectivity index (χ3v) is 4.85. The Kier molecular flexibility index (Phi) is 5.65. The number of hydrogen-bond acceptors (Lipinski definition) is 4. The number of nitrogens with zero attached hydrogens (tertiary/aromatic N) is 4. The molecule has 0 spiro atoms. The summed E-state index contributed by atoms with van der Waals surface area (Å²) < 4.78 is 1.79. The van der Waals surface area contributed by atoms with Crippen molar-refractivity contribution in [2.24, 2.45) is 5.92 Å². The Balaban J connectivity index is 1.65. The van der Waals surface area contributed by atoms with Crippen LogP contribution in [0.1, 0.15) is 24.8 Å². The van der Waals surface area contributed by atoms with Gasteiger partial charge in [0.25, 0.3) is 0 Å². The highest BCUT2D eigenvalue weighted by Gasteiger charge is 2.20. The van der Waals surface area contributed by atoms with Crippen LogP contribution in [0.4, 0.5) is 0 Å². The van der Waals surface area contributed by atoms with Gasteiger partial charge >= 0.3 is 0 Å². The van der Waals surface area contributed by atoms with Gasteiger partial charge in [0.05, 0.1) is 5.69 Å². The van der Waals surface area contributed by atoms with E-state index in [2.05, 4.69) is 26.4 Å². The Morgan fingerprint density at radius 1 is 1.30 bits per heavy atom. The highest BCUT2D eigenvalue weighted by atomic mass is 35.5. The highest BCUT2D eigenvalue weighted by Crippen LogP contribution is 2.25. The summed E-state index contributed by atoms with van der Waals surface area (Å²) in [4.78, 5) is 6.57. The second kappa shape index (κ2) is 7.90. The molecule has 1 N–H and O–H groups in total. The van der Waals surface area contributed by atoms with Gasteiger partial charge in [-0.1, -0.05) is 17.7 Å². The maximum Gasteiger partial charge on any atom is 0.138 e. The summed E-state index contributed by atoms with van der Waals surface area (Å²) in [6.07, 6.45) is 7.13. The number of benzene rings is 1. The van der Waals surface area contributed by atoms with Crippen molar-refractivity contribution in [1.29, 1.82) is 0 Å².